The first kappa shape index (κ1) is 11.4. The molecule has 0 spiro atoms. The fraction of sp³-hybridized carbons (Fsp3) is 0. The molecule has 2 aromatic rings. The quantitative estimate of drug-likeness (QED) is 0.728. The molecular weight excluding hydrogens is 229 g/mol. The second-order valence-electron chi connectivity index (χ2n) is 3.47. The van der Waals surface area contributed by atoms with Gasteiger partial charge in [0.05, 0.1) is 0 Å². The number of aldehydes is 1. The Labute approximate surface area is 95.5 Å². The Hall–Kier alpha value is -2.10. The largest absolute Gasteiger partial charge is 0.298 e. The summed E-state index contributed by atoms with van der Waals surface area (Å²) >= 11 is 0. The molecule has 0 aromatic heterocycles. The summed E-state index contributed by atoms with van der Waals surface area (Å²) in [6.45, 7) is 0. The maximum Gasteiger partial charge on any atom is 0.150 e. The molecule has 0 saturated heterocycles. The number of carbonyl (C=O) groups excluding carboxylic acids is 1. The number of carbonyl (C=O) groups is 1. The van der Waals surface area contributed by atoms with Gasteiger partial charge in [0.1, 0.15) is 17.5 Å². The molecule has 1 nitrogen and oxygen atoms in total. The van der Waals surface area contributed by atoms with E-state index in [1.54, 1.807) is 0 Å². The highest BCUT2D eigenvalue weighted by atomic mass is 19.1. The van der Waals surface area contributed by atoms with E-state index in [1.807, 2.05) is 0 Å². The smallest absolute Gasteiger partial charge is 0.150 e. The molecule has 0 N–H and O–H groups in total. The van der Waals surface area contributed by atoms with Crippen LogP contribution in [0.1, 0.15) is 10.4 Å². The van der Waals surface area contributed by atoms with Crippen molar-refractivity contribution in [2.75, 3.05) is 0 Å². The summed E-state index contributed by atoms with van der Waals surface area (Å²) in [5.74, 6) is -1.89. The van der Waals surface area contributed by atoms with Crippen LogP contribution in [0.15, 0.2) is 36.4 Å². The third kappa shape index (κ3) is 2.20. The van der Waals surface area contributed by atoms with E-state index in [0.717, 1.165) is 30.3 Å². The molecule has 0 saturated carbocycles. The minimum Gasteiger partial charge on any atom is -0.298 e. The highest BCUT2D eigenvalue weighted by Gasteiger charge is 2.11. The van der Waals surface area contributed by atoms with Crippen molar-refractivity contribution in [3.05, 3.63) is 59.4 Å². The van der Waals surface area contributed by atoms with Gasteiger partial charge in [0.15, 0.2) is 6.29 Å². The molecule has 0 radical (unpaired) electrons. The first-order valence-electron chi connectivity index (χ1n) is 4.82. The van der Waals surface area contributed by atoms with Crippen LogP contribution in [0.3, 0.4) is 0 Å². The van der Waals surface area contributed by atoms with Crippen LogP contribution in [-0.2, 0) is 0 Å². The lowest BCUT2D eigenvalue weighted by molar-refractivity contribution is 0.112. The summed E-state index contributed by atoms with van der Waals surface area (Å²) in [7, 11) is 0. The normalized spacial score (nSPS) is 10.3. The van der Waals surface area contributed by atoms with E-state index in [1.165, 1.54) is 6.07 Å². The lowest BCUT2D eigenvalue weighted by Crippen LogP contribution is -1.93. The first-order valence-corrected chi connectivity index (χ1v) is 4.82. The van der Waals surface area contributed by atoms with Crippen molar-refractivity contribution in [3.8, 4) is 11.1 Å². The van der Waals surface area contributed by atoms with E-state index in [9.17, 15) is 18.0 Å². The summed E-state index contributed by atoms with van der Waals surface area (Å²) in [6, 6.07) is 6.22. The fourth-order valence-electron chi connectivity index (χ4n) is 1.58. The summed E-state index contributed by atoms with van der Waals surface area (Å²) in [5, 5.41) is 0. The Morgan fingerprint density at radius 1 is 0.824 bits per heavy atom. The van der Waals surface area contributed by atoms with E-state index in [4.69, 9.17) is 0 Å². The average Bonchev–Trinajstić information content (AvgIpc) is 2.32. The van der Waals surface area contributed by atoms with E-state index < -0.39 is 17.5 Å². The van der Waals surface area contributed by atoms with Crippen LogP contribution in [0.5, 0.6) is 0 Å². The van der Waals surface area contributed by atoms with Crippen molar-refractivity contribution in [3.63, 3.8) is 0 Å². The van der Waals surface area contributed by atoms with Gasteiger partial charge in [-0.3, -0.25) is 4.79 Å². The molecule has 0 fully saturated rings. The van der Waals surface area contributed by atoms with Gasteiger partial charge in [0.25, 0.3) is 0 Å². The van der Waals surface area contributed by atoms with Crippen LogP contribution >= 0.6 is 0 Å². The second kappa shape index (κ2) is 4.41. The van der Waals surface area contributed by atoms with Gasteiger partial charge in [-0.25, -0.2) is 13.2 Å². The monoisotopic (exact) mass is 236 g/mol. The topological polar surface area (TPSA) is 17.1 Å². The highest BCUT2D eigenvalue weighted by Crippen LogP contribution is 2.26. The Morgan fingerprint density at radius 2 is 1.47 bits per heavy atom. The van der Waals surface area contributed by atoms with Crippen LogP contribution in [0.25, 0.3) is 11.1 Å². The fourth-order valence-corrected chi connectivity index (χ4v) is 1.58. The van der Waals surface area contributed by atoms with Crippen LogP contribution in [0.4, 0.5) is 13.2 Å². The number of benzene rings is 2. The molecule has 0 unspecified atom stereocenters. The SMILES string of the molecule is O=Cc1cc(F)ccc1-c1cc(F)ccc1F. The number of hydrogen-bond donors (Lipinski definition) is 0. The van der Waals surface area contributed by atoms with E-state index in [2.05, 4.69) is 0 Å². The van der Waals surface area contributed by atoms with Crippen molar-refractivity contribution in [2.24, 2.45) is 0 Å². The summed E-state index contributed by atoms with van der Waals surface area (Å²) in [6.07, 6.45) is 0.406. The van der Waals surface area contributed by atoms with Crippen molar-refractivity contribution in [1.82, 2.24) is 0 Å². The van der Waals surface area contributed by atoms with Crippen LogP contribution in [0, 0.1) is 17.5 Å². The molecule has 17 heavy (non-hydrogen) atoms. The molecule has 86 valence electrons. The predicted octanol–water partition coefficient (Wildman–Crippen LogP) is 3.58. The van der Waals surface area contributed by atoms with Gasteiger partial charge >= 0.3 is 0 Å². The predicted molar refractivity (Wildman–Crippen MR) is 57.1 cm³/mol. The molecule has 0 heterocycles. The Kier molecular flexibility index (Phi) is 2.95. The molecule has 0 aliphatic carbocycles. The maximum absolute atomic E-state index is 13.5. The molecule has 2 rings (SSSR count). The van der Waals surface area contributed by atoms with Gasteiger partial charge in [-0.05, 0) is 35.9 Å². The van der Waals surface area contributed by atoms with Crippen LogP contribution < -0.4 is 0 Å². The zero-order valence-corrected chi connectivity index (χ0v) is 8.58. The van der Waals surface area contributed by atoms with Crippen LogP contribution in [0.2, 0.25) is 0 Å². The van der Waals surface area contributed by atoms with Gasteiger partial charge in [-0.2, -0.15) is 0 Å². The van der Waals surface area contributed by atoms with E-state index >= 15 is 0 Å². The van der Waals surface area contributed by atoms with Gasteiger partial charge < -0.3 is 0 Å². The lowest BCUT2D eigenvalue weighted by atomic mass is 9.99. The highest BCUT2D eigenvalue weighted by molar-refractivity contribution is 5.87. The first-order chi connectivity index (χ1) is 8.11. The third-order valence-electron chi connectivity index (χ3n) is 2.36. The minimum absolute atomic E-state index is 0.0190. The molecule has 0 atom stereocenters. The lowest BCUT2D eigenvalue weighted by Gasteiger charge is -2.06. The van der Waals surface area contributed by atoms with Gasteiger partial charge in [-0.1, -0.05) is 6.07 Å². The number of halogens is 3. The van der Waals surface area contributed by atoms with Crippen molar-refractivity contribution < 1.29 is 18.0 Å². The summed E-state index contributed by atoms with van der Waals surface area (Å²) in [5.41, 5.74) is 0.0833. The van der Waals surface area contributed by atoms with Crippen molar-refractivity contribution in [1.29, 1.82) is 0 Å². The van der Waals surface area contributed by atoms with E-state index in [-0.39, 0.29) is 16.7 Å². The zero-order valence-electron chi connectivity index (χ0n) is 8.58. The second-order valence-corrected chi connectivity index (χ2v) is 3.47. The molecular formula is C13H7F3O. The zero-order chi connectivity index (χ0) is 12.4. The maximum atomic E-state index is 13.5. The standard InChI is InChI=1S/C13H7F3O/c14-9-1-3-11(8(5-9)7-17)12-6-10(15)2-4-13(12)16/h1-7H. The summed E-state index contributed by atoms with van der Waals surface area (Å²) in [4.78, 5) is 10.8. The molecule has 0 aliphatic heterocycles. The number of hydrogen-bond acceptors (Lipinski definition) is 1. The number of rotatable bonds is 2. The molecule has 0 bridgehead atoms. The van der Waals surface area contributed by atoms with Crippen molar-refractivity contribution >= 4 is 6.29 Å². The molecule has 2 aromatic carbocycles. The van der Waals surface area contributed by atoms with Gasteiger partial charge in [-0.15, -0.1) is 0 Å². The Bertz CT molecular complexity index is 579. The molecule has 4 heteroatoms. The molecule has 0 amide bonds. The molecule has 0 aliphatic rings. The Morgan fingerprint density at radius 3 is 2.18 bits per heavy atom. The minimum atomic E-state index is -0.666. The average molecular weight is 236 g/mol. The Balaban J connectivity index is 2.67. The van der Waals surface area contributed by atoms with Gasteiger partial charge in [0, 0.05) is 11.1 Å². The van der Waals surface area contributed by atoms with Gasteiger partial charge in [0.2, 0.25) is 0 Å². The third-order valence-corrected chi connectivity index (χ3v) is 2.36. The van der Waals surface area contributed by atoms with Crippen LogP contribution in [-0.4, -0.2) is 6.29 Å². The van der Waals surface area contributed by atoms with E-state index in [0.29, 0.717) is 6.29 Å². The summed E-state index contributed by atoms with van der Waals surface area (Å²) < 4.78 is 39.4. The van der Waals surface area contributed by atoms with Crippen molar-refractivity contribution in [2.45, 2.75) is 0 Å².